The Balaban J connectivity index is 1.88. The molecule has 2 N–H and O–H groups in total. The van der Waals surface area contributed by atoms with Crippen molar-refractivity contribution < 1.29 is 22.8 Å². The van der Waals surface area contributed by atoms with E-state index in [1.54, 1.807) is 6.07 Å². The van der Waals surface area contributed by atoms with Crippen molar-refractivity contribution in [1.29, 1.82) is 0 Å². The zero-order valence-corrected chi connectivity index (χ0v) is 17.2. The van der Waals surface area contributed by atoms with Crippen LogP contribution in [0.2, 0.25) is 0 Å². The molecule has 0 aromatic heterocycles. The molecule has 6 heteroatoms. The summed E-state index contributed by atoms with van der Waals surface area (Å²) in [5, 5.41) is 9.91. The molecular weight excluding hydrogens is 376 g/mol. The third-order valence-corrected chi connectivity index (χ3v) is 5.52. The van der Waals surface area contributed by atoms with Crippen molar-refractivity contribution in [3.05, 3.63) is 48.0 Å². The van der Waals surface area contributed by atoms with E-state index in [1.165, 1.54) is 51.0 Å². The second-order valence-electron chi connectivity index (χ2n) is 7.08. The van der Waals surface area contributed by atoms with Gasteiger partial charge >= 0.3 is 0 Å². The van der Waals surface area contributed by atoms with Gasteiger partial charge in [-0.3, -0.25) is 4.55 Å². The van der Waals surface area contributed by atoms with E-state index in [1.807, 2.05) is 18.2 Å². The summed E-state index contributed by atoms with van der Waals surface area (Å²) >= 11 is 0. The summed E-state index contributed by atoms with van der Waals surface area (Å²) in [7, 11) is -4.36. The van der Waals surface area contributed by atoms with Gasteiger partial charge in [-0.25, -0.2) is 0 Å². The molecule has 0 heterocycles. The van der Waals surface area contributed by atoms with E-state index in [2.05, 4.69) is 6.92 Å². The van der Waals surface area contributed by atoms with Crippen molar-refractivity contribution in [3.8, 4) is 17.2 Å². The van der Waals surface area contributed by atoms with Crippen LogP contribution in [0.4, 0.5) is 0 Å². The predicted molar refractivity (Wildman–Crippen MR) is 111 cm³/mol. The van der Waals surface area contributed by atoms with Crippen molar-refractivity contribution in [2.75, 3.05) is 0 Å². The molecule has 0 saturated carbocycles. The molecule has 0 saturated heterocycles. The standard InChI is InChI=1S/C22H30O5S/c1-2-3-4-5-6-7-8-9-11-18-12-10-13-19(16-18)27-22-17-20(28(24,25)26)14-15-21(22)23/h10,12-17,23H,2-9,11H2,1H3,(H,24,25,26). The molecule has 0 aliphatic rings. The zero-order chi connectivity index (χ0) is 20.4. The highest BCUT2D eigenvalue weighted by molar-refractivity contribution is 7.85. The second kappa shape index (κ2) is 11.1. The predicted octanol–water partition coefficient (Wildman–Crippen LogP) is 6.11. The van der Waals surface area contributed by atoms with Gasteiger partial charge in [0.15, 0.2) is 11.5 Å². The summed E-state index contributed by atoms with van der Waals surface area (Å²) in [5.41, 5.74) is 1.13. The molecule has 0 unspecified atom stereocenters. The highest BCUT2D eigenvalue weighted by atomic mass is 32.2. The number of rotatable bonds is 12. The number of unbranched alkanes of at least 4 members (excludes halogenated alkanes) is 7. The van der Waals surface area contributed by atoms with E-state index in [9.17, 15) is 13.5 Å². The number of aromatic hydroxyl groups is 1. The summed E-state index contributed by atoms with van der Waals surface area (Å²) in [5.74, 6) is 0.306. The number of benzene rings is 2. The van der Waals surface area contributed by atoms with Crippen LogP contribution in [0.5, 0.6) is 17.2 Å². The van der Waals surface area contributed by atoms with Gasteiger partial charge in [0.05, 0.1) is 4.90 Å². The molecular formula is C22H30O5S. The fraction of sp³-hybridized carbons (Fsp3) is 0.455. The quantitative estimate of drug-likeness (QED) is 0.328. The van der Waals surface area contributed by atoms with E-state index in [4.69, 9.17) is 9.29 Å². The fourth-order valence-electron chi connectivity index (χ4n) is 3.09. The topological polar surface area (TPSA) is 83.8 Å². The number of ether oxygens (including phenoxy) is 1. The molecule has 5 nitrogen and oxygen atoms in total. The fourth-order valence-corrected chi connectivity index (χ4v) is 3.59. The Morgan fingerprint density at radius 3 is 2.25 bits per heavy atom. The lowest BCUT2D eigenvalue weighted by Crippen LogP contribution is -1.98. The van der Waals surface area contributed by atoms with Crippen LogP contribution in [0, 0.1) is 0 Å². The molecule has 154 valence electrons. The van der Waals surface area contributed by atoms with Gasteiger partial charge in [-0.05, 0) is 42.7 Å². The maximum absolute atomic E-state index is 11.3. The minimum Gasteiger partial charge on any atom is -0.504 e. The zero-order valence-electron chi connectivity index (χ0n) is 16.4. The first-order valence-corrected chi connectivity index (χ1v) is 11.4. The van der Waals surface area contributed by atoms with Gasteiger partial charge < -0.3 is 9.84 Å². The smallest absolute Gasteiger partial charge is 0.294 e. The van der Waals surface area contributed by atoms with Gasteiger partial charge in [-0.2, -0.15) is 8.42 Å². The average molecular weight is 407 g/mol. The van der Waals surface area contributed by atoms with Crippen LogP contribution in [0.1, 0.15) is 63.9 Å². The second-order valence-corrected chi connectivity index (χ2v) is 8.50. The largest absolute Gasteiger partial charge is 0.504 e. The normalized spacial score (nSPS) is 11.5. The van der Waals surface area contributed by atoms with Gasteiger partial charge in [0.25, 0.3) is 10.1 Å². The van der Waals surface area contributed by atoms with Crippen LogP contribution in [0.15, 0.2) is 47.4 Å². The van der Waals surface area contributed by atoms with Crippen LogP contribution < -0.4 is 4.74 Å². The summed E-state index contributed by atoms with van der Waals surface area (Å²) in [4.78, 5) is -0.324. The summed E-state index contributed by atoms with van der Waals surface area (Å²) in [6, 6.07) is 11.0. The Kier molecular flexibility index (Phi) is 8.80. The lowest BCUT2D eigenvalue weighted by molar-refractivity contribution is 0.409. The van der Waals surface area contributed by atoms with E-state index >= 15 is 0 Å². The van der Waals surface area contributed by atoms with Crippen molar-refractivity contribution in [1.82, 2.24) is 0 Å². The first-order chi connectivity index (χ1) is 13.4. The number of aryl methyl sites for hydroxylation is 1. The van der Waals surface area contributed by atoms with Crippen LogP contribution in [-0.2, 0) is 16.5 Å². The Labute approximate surface area is 168 Å². The Bertz CT molecular complexity index is 846. The maximum Gasteiger partial charge on any atom is 0.294 e. The van der Waals surface area contributed by atoms with E-state index in [-0.39, 0.29) is 16.4 Å². The van der Waals surface area contributed by atoms with E-state index < -0.39 is 10.1 Å². The SMILES string of the molecule is CCCCCCCCCCc1cccc(Oc2cc(S(=O)(=O)O)ccc2O)c1. The number of hydrogen-bond acceptors (Lipinski definition) is 4. The third kappa shape index (κ3) is 7.52. The van der Waals surface area contributed by atoms with Gasteiger partial charge in [-0.15, -0.1) is 0 Å². The van der Waals surface area contributed by atoms with Gasteiger partial charge in [0, 0.05) is 6.07 Å². The minimum absolute atomic E-state index is 0.0145. The molecule has 0 fully saturated rings. The van der Waals surface area contributed by atoms with E-state index in [0.29, 0.717) is 5.75 Å². The Morgan fingerprint density at radius 2 is 1.57 bits per heavy atom. The van der Waals surface area contributed by atoms with Gasteiger partial charge in [-0.1, -0.05) is 64.0 Å². The summed E-state index contributed by atoms with van der Waals surface area (Å²) < 4.78 is 37.3. The first-order valence-electron chi connectivity index (χ1n) is 9.97. The molecule has 28 heavy (non-hydrogen) atoms. The molecule has 0 bridgehead atoms. The third-order valence-electron chi connectivity index (χ3n) is 4.67. The van der Waals surface area contributed by atoms with Crippen LogP contribution in [0.25, 0.3) is 0 Å². The summed E-state index contributed by atoms with van der Waals surface area (Å²) in [6.45, 7) is 2.23. The van der Waals surface area contributed by atoms with E-state index in [0.717, 1.165) is 30.5 Å². The van der Waals surface area contributed by atoms with Crippen molar-refractivity contribution in [3.63, 3.8) is 0 Å². The molecule has 2 aromatic carbocycles. The van der Waals surface area contributed by atoms with Crippen LogP contribution in [-0.4, -0.2) is 18.1 Å². The van der Waals surface area contributed by atoms with Crippen molar-refractivity contribution in [2.45, 2.75) is 69.6 Å². The highest BCUT2D eigenvalue weighted by Crippen LogP contribution is 2.33. The highest BCUT2D eigenvalue weighted by Gasteiger charge is 2.14. The molecule has 0 spiro atoms. The molecule has 2 rings (SSSR count). The lowest BCUT2D eigenvalue weighted by atomic mass is 10.0. The summed E-state index contributed by atoms with van der Waals surface area (Å²) in [6.07, 6.45) is 11.1. The molecule has 0 aliphatic heterocycles. The monoisotopic (exact) mass is 406 g/mol. The van der Waals surface area contributed by atoms with Crippen LogP contribution in [0.3, 0.4) is 0 Å². The lowest BCUT2D eigenvalue weighted by Gasteiger charge is -2.10. The molecule has 0 aliphatic carbocycles. The van der Waals surface area contributed by atoms with Gasteiger partial charge in [0.1, 0.15) is 5.75 Å². The van der Waals surface area contributed by atoms with Crippen molar-refractivity contribution in [2.24, 2.45) is 0 Å². The number of phenolic OH excluding ortho intramolecular Hbond substituents is 1. The first kappa shape index (κ1) is 22.2. The Morgan fingerprint density at radius 1 is 0.893 bits per heavy atom. The average Bonchev–Trinajstić information content (AvgIpc) is 2.65. The molecule has 2 aromatic rings. The number of hydrogen-bond donors (Lipinski definition) is 2. The van der Waals surface area contributed by atoms with Gasteiger partial charge in [0.2, 0.25) is 0 Å². The molecule has 0 amide bonds. The molecule has 0 radical (unpaired) electrons. The Hall–Kier alpha value is -2.05. The maximum atomic E-state index is 11.3. The number of phenols is 1. The minimum atomic E-state index is -4.36. The van der Waals surface area contributed by atoms with Crippen LogP contribution >= 0.6 is 0 Å². The molecule has 0 atom stereocenters. The van der Waals surface area contributed by atoms with Crippen molar-refractivity contribution >= 4 is 10.1 Å².